The molecule has 1 unspecified atom stereocenters. The second-order valence-electron chi connectivity index (χ2n) is 5.58. The van der Waals surface area contributed by atoms with Gasteiger partial charge in [0.1, 0.15) is 0 Å². The molecule has 2 saturated carbocycles. The lowest BCUT2D eigenvalue weighted by atomic mass is 10.00. The number of nitrogens with one attached hydrogen (secondary N) is 1. The lowest BCUT2D eigenvalue weighted by molar-refractivity contribution is 0.369. The van der Waals surface area contributed by atoms with Crippen molar-refractivity contribution in [2.45, 2.75) is 45.6 Å². The maximum absolute atomic E-state index is 3.75. The Hall–Kier alpha value is 0.310. The predicted octanol–water partition coefficient (Wildman–Crippen LogP) is 3.15. The molecule has 0 saturated heterocycles. The Morgan fingerprint density at radius 2 is 1.93 bits per heavy atom. The Morgan fingerprint density at radius 1 is 1.20 bits per heavy atom. The molecule has 1 N–H and O–H groups in total. The molecule has 0 aromatic rings. The summed E-state index contributed by atoms with van der Waals surface area (Å²) in [5.74, 6) is 5.62. The summed E-state index contributed by atoms with van der Waals surface area (Å²) in [6.07, 6.45) is 5.92. The average molecular weight is 227 g/mol. The van der Waals surface area contributed by atoms with Gasteiger partial charge in [0.05, 0.1) is 0 Å². The van der Waals surface area contributed by atoms with Gasteiger partial charge in [0.2, 0.25) is 0 Å². The van der Waals surface area contributed by atoms with Crippen LogP contribution in [-0.2, 0) is 0 Å². The number of hydrogen-bond acceptors (Lipinski definition) is 2. The molecule has 2 aliphatic rings. The molecule has 88 valence electrons. The van der Waals surface area contributed by atoms with Crippen LogP contribution >= 0.6 is 11.8 Å². The normalized spacial score (nSPS) is 23.4. The lowest BCUT2D eigenvalue weighted by Crippen LogP contribution is -2.37. The zero-order chi connectivity index (χ0) is 10.7. The maximum atomic E-state index is 3.75. The minimum Gasteiger partial charge on any atom is -0.313 e. The van der Waals surface area contributed by atoms with Crippen LogP contribution in [0.2, 0.25) is 0 Å². The van der Waals surface area contributed by atoms with Gasteiger partial charge < -0.3 is 5.32 Å². The monoisotopic (exact) mass is 227 g/mol. The van der Waals surface area contributed by atoms with Crippen molar-refractivity contribution in [3.8, 4) is 0 Å². The summed E-state index contributed by atoms with van der Waals surface area (Å²) in [5, 5.41) is 3.75. The van der Waals surface area contributed by atoms with Crippen molar-refractivity contribution in [2.75, 3.05) is 18.1 Å². The van der Waals surface area contributed by atoms with Gasteiger partial charge in [-0.15, -0.1) is 0 Å². The van der Waals surface area contributed by atoms with E-state index in [1.165, 1.54) is 43.7 Å². The molecule has 0 aliphatic heterocycles. The van der Waals surface area contributed by atoms with Crippen LogP contribution in [0.5, 0.6) is 0 Å². The van der Waals surface area contributed by atoms with Crippen molar-refractivity contribution in [3.63, 3.8) is 0 Å². The standard InChI is InChI=1S/C13H25NS/c1-10(2)13(12-5-6-12)14-7-8-15-9-11-3-4-11/h10-14H,3-9H2,1-2H3. The summed E-state index contributed by atoms with van der Waals surface area (Å²) in [4.78, 5) is 0. The van der Waals surface area contributed by atoms with Gasteiger partial charge in [0, 0.05) is 18.3 Å². The van der Waals surface area contributed by atoms with E-state index in [0.29, 0.717) is 0 Å². The molecule has 0 aromatic carbocycles. The van der Waals surface area contributed by atoms with Crippen LogP contribution in [0.3, 0.4) is 0 Å². The number of rotatable bonds is 8. The van der Waals surface area contributed by atoms with E-state index in [1.54, 1.807) is 0 Å². The molecule has 15 heavy (non-hydrogen) atoms. The van der Waals surface area contributed by atoms with Crippen LogP contribution in [0, 0.1) is 17.8 Å². The Morgan fingerprint density at radius 3 is 2.47 bits per heavy atom. The summed E-state index contributed by atoms with van der Waals surface area (Å²) < 4.78 is 0. The van der Waals surface area contributed by atoms with Gasteiger partial charge in [-0.2, -0.15) is 11.8 Å². The molecule has 0 spiro atoms. The fraction of sp³-hybridized carbons (Fsp3) is 1.00. The first-order chi connectivity index (χ1) is 7.27. The van der Waals surface area contributed by atoms with Gasteiger partial charge in [0.25, 0.3) is 0 Å². The van der Waals surface area contributed by atoms with Crippen molar-refractivity contribution >= 4 is 11.8 Å². The molecule has 0 heterocycles. The summed E-state index contributed by atoms with van der Waals surface area (Å²) in [6, 6.07) is 0.798. The molecule has 2 heteroatoms. The minimum absolute atomic E-state index is 0.798. The van der Waals surface area contributed by atoms with E-state index in [1.807, 2.05) is 0 Å². The highest BCUT2D eigenvalue weighted by Gasteiger charge is 2.32. The van der Waals surface area contributed by atoms with Gasteiger partial charge in [-0.25, -0.2) is 0 Å². The molecular formula is C13H25NS. The molecule has 2 fully saturated rings. The van der Waals surface area contributed by atoms with Crippen molar-refractivity contribution in [3.05, 3.63) is 0 Å². The molecule has 2 aliphatic carbocycles. The van der Waals surface area contributed by atoms with E-state index in [2.05, 4.69) is 30.9 Å². The van der Waals surface area contributed by atoms with Crippen LogP contribution in [-0.4, -0.2) is 24.1 Å². The zero-order valence-electron chi connectivity index (χ0n) is 10.2. The third-order valence-corrected chi connectivity index (χ3v) is 4.72. The summed E-state index contributed by atoms with van der Waals surface area (Å²) in [6.45, 7) is 5.93. The first-order valence-corrected chi connectivity index (χ1v) is 7.74. The van der Waals surface area contributed by atoms with Crippen LogP contribution < -0.4 is 5.32 Å². The second kappa shape index (κ2) is 5.58. The summed E-state index contributed by atoms with van der Waals surface area (Å²) in [7, 11) is 0. The molecular weight excluding hydrogens is 202 g/mol. The zero-order valence-corrected chi connectivity index (χ0v) is 11.0. The van der Waals surface area contributed by atoms with E-state index in [4.69, 9.17) is 0 Å². The molecule has 0 radical (unpaired) electrons. The van der Waals surface area contributed by atoms with Crippen LogP contribution in [0.4, 0.5) is 0 Å². The van der Waals surface area contributed by atoms with Crippen molar-refractivity contribution in [2.24, 2.45) is 17.8 Å². The lowest BCUT2D eigenvalue weighted by Gasteiger charge is -2.22. The third-order valence-electron chi connectivity index (χ3n) is 3.53. The number of hydrogen-bond donors (Lipinski definition) is 1. The molecule has 0 bridgehead atoms. The SMILES string of the molecule is CC(C)C(NCCSCC1CC1)C1CC1. The molecule has 2 rings (SSSR count). The van der Waals surface area contributed by atoms with Crippen molar-refractivity contribution in [1.82, 2.24) is 5.32 Å². The first-order valence-electron chi connectivity index (χ1n) is 6.58. The van der Waals surface area contributed by atoms with Crippen molar-refractivity contribution < 1.29 is 0 Å². The maximum Gasteiger partial charge on any atom is 0.0119 e. The van der Waals surface area contributed by atoms with E-state index < -0.39 is 0 Å². The highest BCUT2D eigenvalue weighted by Crippen LogP contribution is 2.35. The number of thioether (sulfide) groups is 1. The topological polar surface area (TPSA) is 12.0 Å². The summed E-state index contributed by atoms with van der Waals surface area (Å²) >= 11 is 2.15. The van der Waals surface area contributed by atoms with Gasteiger partial charge in [-0.05, 0) is 49.2 Å². The van der Waals surface area contributed by atoms with Crippen LogP contribution in [0.1, 0.15) is 39.5 Å². The average Bonchev–Trinajstić information content (AvgIpc) is 3.00. The van der Waals surface area contributed by atoms with Crippen LogP contribution in [0.15, 0.2) is 0 Å². The Labute approximate surface area is 98.8 Å². The first kappa shape index (κ1) is 11.8. The second-order valence-corrected chi connectivity index (χ2v) is 6.73. The van der Waals surface area contributed by atoms with E-state index in [9.17, 15) is 0 Å². The summed E-state index contributed by atoms with van der Waals surface area (Å²) in [5.41, 5.74) is 0. The van der Waals surface area contributed by atoms with E-state index in [-0.39, 0.29) is 0 Å². The fourth-order valence-electron chi connectivity index (χ4n) is 2.23. The minimum atomic E-state index is 0.798. The third kappa shape index (κ3) is 4.36. The Kier molecular flexibility index (Phi) is 4.39. The molecule has 0 amide bonds. The van der Waals surface area contributed by atoms with E-state index >= 15 is 0 Å². The van der Waals surface area contributed by atoms with Gasteiger partial charge in [0.15, 0.2) is 0 Å². The molecule has 1 atom stereocenters. The van der Waals surface area contributed by atoms with Gasteiger partial charge in [-0.1, -0.05) is 13.8 Å². The van der Waals surface area contributed by atoms with Crippen LogP contribution in [0.25, 0.3) is 0 Å². The highest BCUT2D eigenvalue weighted by atomic mass is 32.2. The fourth-order valence-corrected chi connectivity index (χ4v) is 3.33. The quantitative estimate of drug-likeness (QED) is 0.639. The van der Waals surface area contributed by atoms with E-state index in [0.717, 1.165) is 23.8 Å². The predicted molar refractivity (Wildman–Crippen MR) is 69.4 cm³/mol. The molecule has 0 aromatic heterocycles. The Balaban J connectivity index is 1.50. The Bertz CT molecular complexity index is 183. The largest absolute Gasteiger partial charge is 0.313 e. The smallest absolute Gasteiger partial charge is 0.0119 e. The van der Waals surface area contributed by atoms with Crippen molar-refractivity contribution in [1.29, 1.82) is 0 Å². The highest BCUT2D eigenvalue weighted by molar-refractivity contribution is 7.99. The van der Waals surface area contributed by atoms with Gasteiger partial charge in [-0.3, -0.25) is 0 Å². The molecule has 1 nitrogen and oxygen atoms in total. The van der Waals surface area contributed by atoms with Gasteiger partial charge >= 0.3 is 0 Å².